The van der Waals surface area contributed by atoms with Crippen molar-refractivity contribution < 1.29 is 0 Å². The van der Waals surface area contributed by atoms with E-state index in [1.54, 1.807) is 5.57 Å². The van der Waals surface area contributed by atoms with Crippen molar-refractivity contribution in [2.24, 2.45) is 59.2 Å². The van der Waals surface area contributed by atoms with Gasteiger partial charge in [0.25, 0.3) is 0 Å². The zero-order valence-electron chi connectivity index (χ0n) is 26.3. The van der Waals surface area contributed by atoms with E-state index < -0.39 is 0 Å². The topological polar surface area (TPSA) is 23.9 Å². The van der Waals surface area contributed by atoms with E-state index in [2.05, 4.69) is 54.7 Å². The summed E-state index contributed by atoms with van der Waals surface area (Å²) < 4.78 is 0. The van der Waals surface area contributed by atoms with Crippen LogP contribution >= 0.6 is 0 Å². The lowest BCUT2D eigenvalue weighted by Gasteiger charge is -2.51. The highest BCUT2D eigenvalue weighted by atomic mass is 14.5. The average molecular weight is 564 g/mol. The molecule has 0 aliphatic heterocycles. The molecule has 0 saturated heterocycles. The monoisotopic (exact) mass is 563 g/mol. The van der Waals surface area contributed by atoms with Crippen LogP contribution in [0.5, 0.6) is 0 Å². The van der Waals surface area contributed by atoms with Crippen molar-refractivity contribution in [3.05, 3.63) is 71.4 Å². The summed E-state index contributed by atoms with van der Waals surface area (Å²) in [6.45, 7) is 0. The van der Waals surface area contributed by atoms with E-state index in [0.29, 0.717) is 11.8 Å². The van der Waals surface area contributed by atoms with Crippen LogP contribution in [0.1, 0.15) is 116 Å². The lowest BCUT2D eigenvalue weighted by molar-refractivity contribution is 0.0242. The number of hydrogen-bond donors (Lipinski definition) is 1. The lowest BCUT2D eigenvalue weighted by atomic mass is 9.53. The summed E-state index contributed by atoms with van der Waals surface area (Å²) in [5, 5.41) is 7.34. The minimum absolute atomic E-state index is 0.697. The Bertz CT molecular complexity index is 1140. The van der Waals surface area contributed by atoms with Crippen LogP contribution in [0.3, 0.4) is 0 Å². The molecule has 1 heteroatoms. The maximum atomic E-state index is 7.34. The van der Waals surface area contributed by atoms with Crippen LogP contribution in [-0.4, -0.2) is 6.21 Å². The van der Waals surface area contributed by atoms with Gasteiger partial charge < -0.3 is 5.41 Å². The van der Waals surface area contributed by atoms with E-state index in [1.807, 2.05) is 5.57 Å². The molecule has 0 heterocycles. The summed E-state index contributed by atoms with van der Waals surface area (Å²) in [5.74, 6) is 8.83. The molecule has 8 unspecified atom stereocenters. The second kappa shape index (κ2) is 13.4. The predicted molar refractivity (Wildman–Crippen MR) is 178 cm³/mol. The van der Waals surface area contributed by atoms with Crippen LogP contribution in [-0.2, 0) is 0 Å². The summed E-state index contributed by atoms with van der Waals surface area (Å²) in [7, 11) is 0. The van der Waals surface area contributed by atoms with Gasteiger partial charge >= 0.3 is 0 Å². The van der Waals surface area contributed by atoms with Crippen LogP contribution in [0.15, 0.2) is 71.4 Å². The summed E-state index contributed by atoms with van der Waals surface area (Å²) >= 11 is 0. The van der Waals surface area contributed by atoms with Gasteiger partial charge in [-0.3, -0.25) is 0 Å². The van der Waals surface area contributed by atoms with Crippen molar-refractivity contribution in [1.82, 2.24) is 0 Å². The fourth-order valence-corrected chi connectivity index (χ4v) is 11.5. The number of unbranched alkanes of at least 4 members (excludes halogenated alkanes) is 1. The lowest BCUT2D eigenvalue weighted by Crippen LogP contribution is -2.43. The fraction of sp³-hybridized carbons (Fsp3) is 0.683. The van der Waals surface area contributed by atoms with Crippen LogP contribution in [0.4, 0.5) is 0 Å². The van der Waals surface area contributed by atoms with Crippen molar-refractivity contribution in [3.63, 3.8) is 0 Å². The fourth-order valence-electron chi connectivity index (χ4n) is 11.5. The van der Waals surface area contributed by atoms with Gasteiger partial charge in [0.1, 0.15) is 0 Å². The first kappa shape index (κ1) is 28.9. The zero-order chi connectivity index (χ0) is 28.3. The summed E-state index contributed by atoms with van der Waals surface area (Å²) in [5.41, 5.74) is 4.99. The maximum absolute atomic E-state index is 7.34. The summed E-state index contributed by atoms with van der Waals surface area (Å²) in [6.07, 6.45) is 49.2. The highest BCUT2D eigenvalue weighted by Gasteiger charge is 2.47. The first-order chi connectivity index (χ1) is 20.8. The number of nitrogens with one attached hydrogen (secondary N) is 1. The molecule has 3 saturated carbocycles. The third-order valence-corrected chi connectivity index (χ3v) is 13.4. The Balaban J connectivity index is 1.02. The Kier molecular flexibility index (Phi) is 9.21. The van der Waals surface area contributed by atoms with E-state index >= 15 is 0 Å². The van der Waals surface area contributed by atoms with Crippen LogP contribution in [0.25, 0.3) is 0 Å². The van der Waals surface area contributed by atoms with Crippen molar-refractivity contribution >= 4 is 6.21 Å². The minimum Gasteiger partial charge on any atom is -0.313 e. The van der Waals surface area contributed by atoms with Crippen molar-refractivity contribution in [2.45, 2.75) is 116 Å². The van der Waals surface area contributed by atoms with E-state index in [4.69, 9.17) is 5.41 Å². The molecule has 1 N–H and O–H groups in total. The molecule has 0 aromatic carbocycles. The van der Waals surface area contributed by atoms with Crippen molar-refractivity contribution in [2.75, 3.05) is 0 Å². The normalized spacial score (nSPS) is 41.7. The standard InChI is InChI=1S/C41H57N/c42-28-9-1-2-11-30-24-25-40(37-16-6-5-15-35(30)37)41-27-26-36(38-17-7-8-18-39(38)41)32-22-20-31(21-23-32)34-19-10-13-29-12-3-4-14-33(29)34/h2,5,8,11,15,18-19,24-25,28-29,31-33,36-42H,1,3-4,6-7,9-10,12-14,16-17,20-23,26-27H2/b11-2+,42-28?. The molecule has 0 spiro atoms. The predicted octanol–water partition coefficient (Wildman–Crippen LogP) is 11.4. The van der Waals surface area contributed by atoms with Crippen LogP contribution in [0, 0.1) is 64.6 Å². The Morgan fingerprint density at radius 3 is 2.40 bits per heavy atom. The highest BCUT2D eigenvalue weighted by Crippen LogP contribution is 2.56. The minimum atomic E-state index is 0.697. The molecule has 3 fully saturated rings. The zero-order valence-corrected chi connectivity index (χ0v) is 26.3. The second-order valence-electron chi connectivity index (χ2n) is 15.3. The van der Waals surface area contributed by atoms with Gasteiger partial charge in [-0.05, 0) is 179 Å². The average Bonchev–Trinajstić information content (AvgIpc) is 3.06. The molecule has 0 radical (unpaired) electrons. The van der Waals surface area contributed by atoms with E-state index in [0.717, 1.165) is 60.2 Å². The number of allylic oxidation sites excluding steroid dienone is 12. The highest BCUT2D eigenvalue weighted by molar-refractivity contribution is 5.53. The maximum Gasteiger partial charge on any atom is -0.00447 e. The van der Waals surface area contributed by atoms with Crippen molar-refractivity contribution in [1.29, 1.82) is 5.41 Å². The molecule has 0 amide bonds. The molecule has 226 valence electrons. The van der Waals surface area contributed by atoms with Gasteiger partial charge in [-0.1, -0.05) is 73.1 Å². The third-order valence-electron chi connectivity index (χ3n) is 13.4. The Morgan fingerprint density at radius 1 is 0.643 bits per heavy atom. The molecular formula is C41H57N. The largest absolute Gasteiger partial charge is 0.313 e. The molecule has 8 atom stereocenters. The van der Waals surface area contributed by atoms with Crippen LogP contribution < -0.4 is 0 Å². The van der Waals surface area contributed by atoms with Crippen molar-refractivity contribution in [3.8, 4) is 0 Å². The van der Waals surface area contributed by atoms with Gasteiger partial charge in [0.05, 0.1) is 0 Å². The number of rotatable bonds is 7. The van der Waals surface area contributed by atoms with Gasteiger partial charge in [-0.25, -0.2) is 0 Å². The number of fused-ring (bicyclic) bond motifs is 3. The molecule has 1 nitrogen and oxygen atoms in total. The Hall–Kier alpha value is -1.89. The second-order valence-corrected chi connectivity index (χ2v) is 15.3. The van der Waals surface area contributed by atoms with Gasteiger partial charge in [0.15, 0.2) is 0 Å². The molecule has 7 aliphatic carbocycles. The van der Waals surface area contributed by atoms with Gasteiger partial charge in [-0.15, -0.1) is 0 Å². The molecule has 7 rings (SSSR count). The van der Waals surface area contributed by atoms with Gasteiger partial charge in [0.2, 0.25) is 0 Å². The third kappa shape index (κ3) is 5.80. The van der Waals surface area contributed by atoms with Crippen LogP contribution in [0.2, 0.25) is 0 Å². The first-order valence-corrected chi connectivity index (χ1v) is 18.4. The number of hydrogen-bond acceptors (Lipinski definition) is 1. The van der Waals surface area contributed by atoms with Gasteiger partial charge in [-0.2, -0.15) is 0 Å². The van der Waals surface area contributed by atoms with E-state index in [-0.39, 0.29) is 0 Å². The Labute approximate surface area is 257 Å². The summed E-state index contributed by atoms with van der Waals surface area (Å²) in [6, 6.07) is 0. The molecular weight excluding hydrogens is 506 g/mol. The van der Waals surface area contributed by atoms with Gasteiger partial charge in [0, 0.05) is 0 Å². The van der Waals surface area contributed by atoms with E-state index in [9.17, 15) is 0 Å². The van der Waals surface area contributed by atoms with E-state index in [1.165, 1.54) is 115 Å². The molecule has 7 aliphatic rings. The Morgan fingerprint density at radius 2 is 1.50 bits per heavy atom. The molecule has 0 aromatic heterocycles. The molecule has 0 aromatic rings. The summed E-state index contributed by atoms with van der Waals surface area (Å²) in [4.78, 5) is 0. The molecule has 42 heavy (non-hydrogen) atoms. The SMILES string of the molecule is N=CCC/C=C/C1=C2C=CCCC2C(C2CCC(C3CCC(C4=CCCC5CCCCC45)CC3)C3CCC=CC23)C=C1. The molecule has 0 bridgehead atoms. The smallest absolute Gasteiger partial charge is 0.00447 e. The quantitative estimate of drug-likeness (QED) is 0.181. The first-order valence-electron chi connectivity index (χ1n) is 18.4.